The highest BCUT2D eigenvalue weighted by Crippen LogP contribution is 2.22. The van der Waals surface area contributed by atoms with Crippen molar-refractivity contribution in [2.75, 3.05) is 0 Å². The van der Waals surface area contributed by atoms with Gasteiger partial charge in [0.15, 0.2) is 0 Å². The molecule has 0 saturated carbocycles. The zero-order valence-electron chi connectivity index (χ0n) is 9.62. The van der Waals surface area contributed by atoms with Crippen LogP contribution in [-0.4, -0.2) is 10.6 Å². The second-order valence-corrected chi connectivity index (χ2v) is 4.39. The van der Waals surface area contributed by atoms with E-state index in [1.807, 2.05) is 6.92 Å². The molecule has 2 nitrogen and oxygen atoms in total. The standard InChI is InChI=1S/C13H18N2/c1-9-5-4-6-11-8-12(7-10(2)14)15(3)13(9)11/h4-6,8,10H,7,14H2,1-3H3. The van der Waals surface area contributed by atoms with E-state index in [0.717, 1.165) is 6.42 Å². The van der Waals surface area contributed by atoms with Crippen LogP contribution in [0, 0.1) is 6.92 Å². The molecule has 0 fully saturated rings. The van der Waals surface area contributed by atoms with Gasteiger partial charge in [0.05, 0.1) is 5.52 Å². The quantitative estimate of drug-likeness (QED) is 0.796. The molecule has 1 unspecified atom stereocenters. The average molecular weight is 202 g/mol. The Bertz CT molecular complexity index is 480. The summed E-state index contributed by atoms with van der Waals surface area (Å²) in [5.74, 6) is 0. The maximum Gasteiger partial charge on any atom is 0.0509 e. The fraction of sp³-hybridized carbons (Fsp3) is 0.385. The van der Waals surface area contributed by atoms with Crippen molar-refractivity contribution >= 4 is 10.9 Å². The fourth-order valence-corrected chi connectivity index (χ4v) is 2.20. The van der Waals surface area contributed by atoms with E-state index in [2.05, 4.69) is 42.8 Å². The van der Waals surface area contributed by atoms with Crippen LogP contribution in [0.4, 0.5) is 0 Å². The van der Waals surface area contributed by atoms with Crippen molar-refractivity contribution in [1.29, 1.82) is 0 Å². The first-order valence-corrected chi connectivity index (χ1v) is 5.39. The van der Waals surface area contributed by atoms with Crippen molar-refractivity contribution < 1.29 is 0 Å². The lowest BCUT2D eigenvalue weighted by Gasteiger charge is -2.07. The zero-order chi connectivity index (χ0) is 11.0. The topological polar surface area (TPSA) is 30.9 Å². The van der Waals surface area contributed by atoms with Crippen LogP contribution >= 0.6 is 0 Å². The molecule has 2 aromatic rings. The molecule has 1 aromatic heterocycles. The lowest BCUT2D eigenvalue weighted by Crippen LogP contribution is -2.19. The van der Waals surface area contributed by atoms with Crippen molar-refractivity contribution in [1.82, 2.24) is 4.57 Å². The molecule has 0 amide bonds. The summed E-state index contributed by atoms with van der Waals surface area (Å²) in [5.41, 5.74) is 9.81. The number of benzene rings is 1. The molecule has 2 N–H and O–H groups in total. The van der Waals surface area contributed by atoms with Crippen LogP contribution in [0.5, 0.6) is 0 Å². The Hall–Kier alpha value is -1.28. The number of hydrogen-bond acceptors (Lipinski definition) is 1. The van der Waals surface area contributed by atoms with Crippen molar-refractivity contribution in [3.63, 3.8) is 0 Å². The maximum atomic E-state index is 5.84. The number of rotatable bonds is 2. The second-order valence-electron chi connectivity index (χ2n) is 4.39. The van der Waals surface area contributed by atoms with E-state index in [1.54, 1.807) is 0 Å². The minimum absolute atomic E-state index is 0.216. The third-order valence-corrected chi connectivity index (χ3v) is 2.89. The van der Waals surface area contributed by atoms with Crippen LogP contribution in [0.25, 0.3) is 10.9 Å². The van der Waals surface area contributed by atoms with E-state index < -0.39 is 0 Å². The first-order valence-electron chi connectivity index (χ1n) is 5.39. The van der Waals surface area contributed by atoms with Gasteiger partial charge < -0.3 is 10.3 Å². The van der Waals surface area contributed by atoms with E-state index in [0.29, 0.717) is 0 Å². The van der Waals surface area contributed by atoms with Gasteiger partial charge in [-0.2, -0.15) is 0 Å². The Morgan fingerprint density at radius 1 is 1.40 bits per heavy atom. The highest BCUT2D eigenvalue weighted by molar-refractivity contribution is 5.84. The first-order chi connectivity index (χ1) is 7.09. The lowest BCUT2D eigenvalue weighted by molar-refractivity contribution is 0.696. The summed E-state index contributed by atoms with van der Waals surface area (Å²) in [5, 5.41) is 1.31. The second kappa shape index (κ2) is 3.70. The summed E-state index contributed by atoms with van der Waals surface area (Å²) in [6.45, 7) is 4.20. The zero-order valence-corrected chi connectivity index (χ0v) is 9.62. The maximum absolute atomic E-state index is 5.84. The van der Waals surface area contributed by atoms with Gasteiger partial charge in [0, 0.05) is 30.6 Å². The normalized spacial score (nSPS) is 13.3. The van der Waals surface area contributed by atoms with E-state index in [1.165, 1.54) is 22.2 Å². The highest BCUT2D eigenvalue weighted by Gasteiger charge is 2.08. The SMILES string of the molecule is Cc1cccc2cc(CC(C)N)n(C)c12. The third-order valence-electron chi connectivity index (χ3n) is 2.89. The van der Waals surface area contributed by atoms with Crippen molar-refractivity contribution in [2.45, 2.75) is 26.3 Å². The molecule has 2 rings (SSSR count). The number of nitrogens with zero attached hydrogens (tertiary/aromatic N) is 1. The molecule has 2 heteroatoms. The number of hydrogen-bond donors (Lipinski definition) is 1. The van der Waals surface area contributed by atoms with Crippen LogP contribution in [0.1, 0.15) is 18.2 Å². The molecule has 0 radical (unpaired) electrons. The molecule has 0 aliphatic carbocycles. The van der Waals surface area contributed by atoms with Gasteiger partial charge >= 0.3 is 0 Å². The van der Waals surface area contributed by atoms with Gasteiger partial charge in [-0.15, -0.1) is 0 Å². The van der Waals surface area contributed by atoms with Gasteiger partial charge in [-0.1, -0.05) is 18.2 Å². The minimum atomic E-state index is 0.216. The van der Waals surface area contributed by atoms with Crippen LogP contribution in [0.2, 0.25) is 0 Å². The number of nitrogens with two attached hydrogens (primary N) is 1. The molecule has 0 saturated heterocycles. The summed E-state index contributed by atoms with van der Waals surface area (Å²) >= 11 is 0. The Morgan fingerprint density at radius 2 is 2.13 bits per heavy atom. The molecule has 0 spiro atoms. The molecule has 0 aliphatic rings. The number of para-hydroxylation sites is 1. The van der Waals surface area contributed by atoms with E-state index in [-0.39, 0.29) is 6.04 Å². The van der Waals surface area contributed by atoms with Gasteiger partial charge in [-0.25, -0.2) is 0 Å². The van der Waals surface area contributed by atoms with Gasteiger partial charge in [0.1, 0.15) is 0 Å². The van der Waals surface area contributed by atoms with E-state index >= 15 is 0 Å². The van der Waals surface area contributed by atoms with Crippen LogP contribution in [0.3, 0.4) is 0 Å². The molecular weight excluding hydrogens is 184 g/mol. The molecule has 1 heterocycles. The van der Waals surface area contributed by atoms with Crippen LogP contribution < -0.4 is 5.73 Å². The molecule has 80 valence electrons. The van der Waals surface area contributed by atoms with Crippen LogP contribution in [-0.2, 0) is 13.5 Å². The summed E-state index contributed by atoms with van der Waals surface area (Å²) in [4.78, 5) is 0. The number of fused-ring (bicyclic) bond motifs is 1. The largest absolute Gasteiger partial charge is 0.347 e. The predicted molar refractivity (Wildman–Crippen MR) is 65.0 cm³/mol. The van der Waals surface area contributed by atoms with Gasteiger partial charge in [-0.05, 0) is 25.5 Å². The third kappa shape index (κ3) is 1.77. The summed E-state index contributed by atoms with van der Waals surface area (Å²) < 4.78 is 2.26. The Morgan fingerprint density at radius 3 is 2.73 bits per heavy atom. The summed E-state index contributed by atoms with van der Waals surface area (Å²) in [7, 11) is 2.12. The molecule has 0 bridgehead atoms. The van der Waals surface area contributed by atoms with Crippen molar-refractivity contribution in [2.24, 2.45) is 12.8 Å². The molecule has 1 aromatic carbocycles. The molecular formula is C13H18N2. The molecule has 1 atom stereocenters. The number of aryl methyl sites for hydroxylation is 2. The predicted octanol–water partition coefficient (Wildman–Crippen LogP) is 2.38. The minimum Gasteiger partial charge on any atom is -0.347 e. The van der Waals surface area contributed by atoms with Crippen molar-refractivity contribution in [3.05, 3.63) is 35.5 Å². The summed E-state index contributed by atoms with van der Waals surface area (Å²) in [6, 6.07) is 8.87. The van der Waals surface area contributed by atoms with E-state index in [9.17, 15) is 0 Å². The Kier molecular flexibility index (Phi) is 2.53. The lowest BCUT2D eigenvalue weighted by atomic mass is 10.1. The fourth-order valence-electron chi connectivity index (χ4n) is 2.20. The van der Waals surface area contributed by atoms with Crippen LogP contribution in [0.15, 0.2) is 24.3 Å². The monoisotopic (exact) mass is 202 g/mol. The molecule has 15 heavy (non-hydrogen) atoms. The average Bonchev–Trinajstić information content (AvgIpc) is 2.44. The smallest absolute Gasteiger partial charge is 0.0509 e. The van der Waals surface area contributed by atoms with E-state index in [4.69, 9.17) is 5.73 Å². The highest BCUT2D eigenvalue weighted by atomic mass is 14.9. The first kappa shape index (κ1) is 10.2. The summed E-state index contributed by atoms with van der Waals surface area (Å²) in [6.07, 6.45) is 0.935. The van der Waals surface area contributed by atoms with Gasteiger partial charge in [-0.3, -0.25) is 0 Å². The van der Waals surface area contributed by atoms with Crippen molar-refractivity contribution in [3.8, 4) is 0 Å². The number of aromatic nitrogens is 1. The molecule has 0 aliphatic heterocycles. The Labute approximate surface area is 90.7 Å². The van der Waals surface area contributed by atoms with Gasteiger partial charge in [0.2, 0.25) is 0 Å². The van der Waals surface area contributed by atoms with Gasteiger partial charge in [0.25, 0.3) is 0 Å². The Balaban J connectivity index is 2.59.